The Morgan fingerprint density at radius 1 is 1.19 bits per heavy atom. The van der Waals surface area contributed by atoms with Crippen molar-refractivity contribution >= 4 is 0 Å². The van der Waals surface area contributed by atoms with E-state index in [1.165, 1.54) is 45.2 Å². The van der Waals surface area contributed by atoms with Crippen LogP contribution in [0.5, 0.6) is 0 Å². The molecule has 1 atom stereocenters. The van der Waals surface area contributed by atoms with E-state index in [0.717, 1.165) is 26.2 Å². The lowest BCUT2D eigenvalue weighted by Gasteiger charge is -2.35. The number of nitrogens with zero attached hydrogens (tertiary/aromatic N) is 1. The zero-order chi connectivity index (χ0) is 11.3. The van der Waals surface area contributed by atoms with Crippen molar-refractivity contribution in [3.05, 3.63) is 0 Å². The molecule has 2 aliphatic rings. The second-order valence-corrected chi connectivity index (χ2v) is 5.48. The standard InChI is InChI=1S/C13H26N2O/c1-13(6-5-7-14-12-13)16-11-10-15-8-3-2-4-9-15/h14H,2-12H2,1H3. The molecule has 2 heterocycles. The molecule has 0 bridgehead atoms. The summed E-state index contributed by atoms with van der Waals surface area (Å²) in [5.41, 5.74) is 0.0913. The summed E-state index contributed by atoms with van der Waals surface area (Å²) in [6, 6.07) is 0. The van der Waals surface area contributed by atoms with E-state index < -0.39 is 0 Å². The molecule has 0 radical (unpaired) electrons. The first-order valence-corrected chi connectivity index (χ1v) is 6.86. The minimum atomic E-state index is 0.0913. The normalized spacial score (nSPS) is 32.8. The van der Waals surface area contributed by atoms with E-state index in [1.54, 1.807) is 0 Å². The lowest BCUT2D eigenvalue weighted by molar-refractivity contribution is -0.0541. The van der Waals surface area contributed by atoms with Gasteiger partial charge in [-0.25, -0.2) is 0 Å². The fraction of sp³-hybridized carbons (Fsp3) is 1.00. The van der Waals surface area contributed by atoms with Crippen molar-refractivity contribution in [2.24, 2.45) is 0 Å². The van der Waals surface area contributed by atoms with Crippen LogP contribution >= 0.6 is 0 Å². The summed E-state index contributed by atoms with van der Waals surface area (Å²) in [4.78, 5) is 2.54. The number of hydrogen-bond acceptors (Lipinski definition) is 3. The Morgan fingerprint density at radius 2 is 2.00 bits per heavy atom. The van der Waals surface area contributed by atoms with Gasteiger partial charge in [-0.05, 0) is 52.2 Å². The molecular formula is C13H26N2O. The maximum atomic E-state index is 6.07. The summed E-state index contributed by atoms with van der Waals surface area (Å²) in [6.45, 7) is 9.00. The van der Waals surface area contributed by atoms with Gasteiger partial charge in [-0.1, -0.05) is 6.42 Å². The number of rotatable bonds is 4. The van der Waals surface area contributed by atoms with Crippen LogP contribution in [0.25, 0.3) is 0 Å². The molecular weight excluding hydrogens is 200 g/mol. The molecule has 2 rings (SSSR count). The predicted octanol–water partition coefficient (Wildman–Crippen LogP) is 1.63. The van der Waals surface area contributed by atoms with Crippen LogP contribution in [0.2, 0.25) is 0 Å². The molecule has 0 spiro atoms. The summed E-state index contributed by atoms with van der Waals surface area (Å²) in [7, 11) is 0. The summed E-state index contributed by atoms with van der Waals surface area (Å²) in [6.07, 6.45) is 6.62. The van der Waals surface area contributed by atoms with Crippen molar-refractivity contribution in [2.45, 2.75) is 44.6 Å². The van der Waals surface area contributed by atoms with E-state index in [4.69, 9.17) is 4.74 Å². The second kappa shape index (κ2) is 5.99. The predicted molar refractivity (Wildman–Crippen MR) is 66.8 cm³/mol. The van der Waals surface area contributed by atoms with Crippen molar-refractivity contribution in [3.8, 4) is 0 Å². The summed E-state index contributed by atoms with van der Waals surface area (Å²) in [5, 5.41) is 3.43. The van der Waals surface area contributed by atoms with Gasteiger partial charge in [0.15, 0.2) is 0 Å². The molecule has 2 aliphatic heterocycles. The molecule has 94 valence electrons. The van der Waals surface area contributed by atoms with Crippen LogP contribution in [0, 0.1) is 0 Å². The van der Waals surface area contributed by atoms with Crippen molar-refractivity contribution in [3.63, 3.8) is 0 Å². The van der Waals surface area contributed by atoms with Gasteiger partial charge in [-0.2, -0.15) is 0 Å². The molecule has 2 fully saturated rings. The average molecular weight is 226 g/mol. The number of piperidine rings is 2. The van der Waals surface area contributed by atoms with Gasteiger partial charge in [-0.15, -0.1) is 0 Å². The van der Waals surface area contributed by atoms with Gasteiger partial charge in [0.25, 0.3) is 0 Å². The highest BCUT2D eigenvalue weighted by Gasteiger charge is 2.27. The van der Waals surface area contributed by atoms with E-state index in [-0.39, 0.29) is 5.60 Å². The first-order chi connectivity index (χ1) is 7.79. The maximum Gasteiger partial charge on any atom is 0.0779 e. The quantitative estimate of drug-likeness (QED) is 0.788. The third kappa shape index (κ3) is 3.72. The van der Waals surface area contributed by atoms with Crippen molar-refractivity contribution in [1.82, 2.24) is 10.2 Å². The smallest absolute Gasteiger partial charge is 0.0779 e. The zero-order valence-electron chi connectivity index (χ0n) is 10.6. The van der Waals surface area contributed by atoms with Crippen LogP contribution < -0.4 is 5.32 Å². The Balaban J connectivity index is 1.62. The van der Waals surface area contributed by atoms with Crippen molar-refractivity contribution in [1.29, 1.82) is 0 Å². The molecule has 0 aliphatic carbocycles. The topological polar surface area (TPSA) is 24.5 Å². The Hall–Kier alpha value is -0.120. The van der Waals surface area contributed by atoms with E-state index in [9.17, 15) is 0 Å². The Bertz CT molecular complexity index is 196. The summed E-state index contributed by atoms with van der Waals surface area (Å²) in [5.74, 6) is 0. The van der Waals surface area contributed by atoms with Crippen LogP contribution in [-0.2, 0) is 4.74 Å². The molecule has 0 amide bonds. The third-order valence-corrected chi connectivity index (χ3v) is 3.86. The fourth-order valence-electron chi connectivity index (χ4n) is 2.76. The minimum absolute atomic E-state index is 0.0913. The van der Waals surface area contributed by atoms with Gasteiger partial charge in [-0.3, -0.25) is 0 Å². The molecule has 0 aromatic carbocycles. The SMILES string of the molecule is CC1(OCCN2CCCCC2)CCCNC1. The lowest BCUT2D eigenvalue weighted by atomic mass is 9.96. The van der Waals surface area contributed by atoms with Gasteiger partial charge in [0, 0.05) is 13.1 Å². The molecule has 0 aromatic heterocycles. The van der Waals surface area contributed by atoms with Crippen LogP contribution in [0.15, 0.2) is 0 Å². The Morgan fingerprint density at radius 3 is 2.69 bits per heavy atom. The maximum absolute atomic E-state index is 6.07. The van der Waals surface area contributed by atoms with Gasteiger partial charge < -0.3 is 15.0 Å². The molecule has 2 saturated heterocycles. The van der Waals surface area contributed by atoms with E-state index >= 15 is 0 Å². The van der Waals surface area contributed by atoms with Gasteiger partial charge in [0.2, 0.25) is 0 Å². The van der Waals surface area contributed by atoms with E-state index in [1.807, 2.05) is 0 Å². The third-order valence-electron chi connectivity index (χ3n) is 3.86. The largest absolute Gasteiger partial charge is 0.373 e. The highest BCUT2D eigenvalue weighted by Crippen LogP contribution is 2.20. The molecule has 0 aromatic rings. The summed E-state index contributed by atoms with van der Waals surface area (Å²) >= 11 is 0. The highest BCUT2D eigenvalue weighted by molar-refractivity contribution is 4.82. The molecule has 16 heavy (non-hydrogen) atoms. The van der Waals surface area contributed by atoms with Crippen LogP contribution in [-0.4, -0.2) is 49.8 Å². The van der Waals surface area contributed by atoms with Gasteiger partial charge in [0.1, 0.15) is 0 Å². The van der Waals surface area contributed by atoms with E-state index in [2.05, 4.69) is 17.1 Å². The zero-order valence-corrected chi connectivity index (χ0v) is 10.6. The minimum Gasteiger partial charge on any atom is -0.373 e. The summed E-state index contributed by atoms with van der Waals surface area (Å²) < 4.78 is 6.07. The van der Waals surface area contributed by atoms with E-state index in [0.29, 0.717) is 0 Å². The number of ether oxygens (including phenoxy) is 1. The van der Waals surface area contributed by atoms with Crippen molar-refractivity contribution in [2.75, 3.05) is 39.3 Å². The first-order valence-electron chi connectivity index (χ1n) is 6.86. The molecule has 0 saturated carbocycles. The van der Waals surface area contributed by atoms with Gasteiger partial charge in [0.05, 0.1) is 12.2 Å². The Labute approximate surface area is 99.5 Å². The van der Waals surface area contributed by atoms with Crippen molar-refractivity contribution < 1.29 is 4.74 Å². The van der Waals surface area contributed by atoms with Crippen LogP contribution in [0.1, 0.15) is 39.0 Å². The van der Waals surface area contributed by atoms with Gasteiger partial charge >= 0.3 is 0 Å². The average Bonchev–Trinajstić information content (AvgIpc) is 2.31. The van der Waals surface area contributed by atoms with Crippen LogP contribution in [0.4, 0.5) is 0 Å². The molecule has 1 unspecified atom stereocenters. The number of hydrogen-bond donors (Lipinski definition) is 1. The Kier molecular flexibility index (Phi) is 4.62. The lowest BCUT2D eigenvalue weighted by Crippen LogP contribution is -2.46. The molecule has 3 nitrogen and oxygen atoms in total. The van der Waals surface area contributed by atoms with Crippen LogP contribution in [0.3, 0.4) is 0 Å². The second-order valence-electron chi connectivity index (χ2n) is 5.48. The molecule has 3 heteroatoms. The highest BCUT2D eigenvalue weighted by atomic mass is 16.5. The number of nitrogens with one attached hydrogen (secondary N) is 1. The number of likely N-dealkylation sites (tertiary alicyclic amines) is 1. The molecule has 1 N–H and O–H groups in total. The fourth-order valence-corrected chi connectivity index (χ4v) is 2.76. The first kappa shape index (κ1) is 12.3. The monoisotopic (exact) mass is 226 g/mol.